The molecule has 1 N–H and O–H groups in total. The van der Waals surface area contributed by atoms with Crippen LogP contribution in [0.25, 0.3) is 0 Å². The minimum absolute atomic E-state index is 0.00365. The number of allylic oxidation sites excluding steroid dienone is 1. The summed E-state index contributed by atoms with van der Waals surface area (Å²) in [5.41, 5.74) is 0. The van der Waals surface area contributed by atoms with Crippen molar-refractivity contribution in [2.45, 2.75) is 95.6 Å². The highest BCUT2D eigenvalue weighted by molar-refractivity contribution is 7.81. The summed E-state index contributed by atoms with van der Waals surface area (Å²) >= 11 is 4.46. The Bertz CT molecular complexity index is 465. The Balaban J connectivity index is 3.68. The minimum Gasteiger partial charge on any atom is -0.469 e. The number of amides is 1. The number of ketones is 1. The Labute approximate surface area is 176 Å². The van der Waals surface area contributed by atoms with Crippen molar-refractivity contribution in [3.63, 3.8) is 0 Å². The van der Waals surface area contributed by atoms with Gasteiger partial charge in [0, 0.05) is 30.7 Å². The molecule has 0 heterocycles. The third kappa shape index (κ3) is 18.1. The van der Waals surface area contributed by atoms with E-state index < -0.39 is 0 Å². The van der Waals surface area contributed by atoms with Crippen molar-refractivity contribution in [2.24, 2.45) is 0 Å². The van der Waals surface area contributed by atoms with Gasteiger partial charge in [-0.2, -0.15) is 12.6 Å². The summed E-state index contributed by atoms with van der Waals surface area (Å²) in [5.74, 6) is -0.441. The zero-order chi connectivity index (χ0) is 21.0. The predicted molar refractivity (Wildman–Crippen MR) is 118 cm³/mol. The maximum absolute atomic E-state index is 11.9. The molecule has 0 aromatic heterocycles. The molecule has 6 heteroatoms. The first-order valence-electron chi connectivity index (χ1n) is 10.7. The highest BCUT2D eigenvalue weighted by atomic mass is 32.1. The van der Waals surface area contributed by atoms with E-state index in [9.17, 15) is 14.4 Å². The van der Waals surface area contributed by atoms with Gasteiger partial charge in [-0.1, -0.05) is 58.3 Å². The molecule has 0 aliphatic carbocycles. The van der Waals surface area contributed by atoms with Gasteiger partial charge >= 0.3 is 5.97 Å². The van der Waals surface area contributed by atoms with E-state index in [1.54, 1.807) is 0 Å². The zero-order valence-corrected chi connectivity index (χ0v) is 18.6. The number of thiol groups is 1. The van der Waals surface area contributed by atoms with Crippen LogP contribution in [0.1, 0.15) is 90.4 Å². The van der Waals surface area contributed by atoms with E-state index in [1.165, 1.54) is 44.9 Å². The van der Waals surface area contributed by atoms with Crippen LogP contribution in [0.4, 0.5) is 0 Å². The monoisotopic (exact) mass is 413 g/mol. The molecule has 162 valence electrons. The topological polar surface area (TPSA) is 72.5 Å². The Morgan fingerprint density at radius 3 is 2.29 bits per heavy atom. The number of nitrogens with one attached hydrogen (secondary N) is 1. The summed E-state index contributed by atoms with van der Waals surface area (Å²) in [6, 6.07) is 0. The van der Waals surface area contributed by atoms with Gasteiger partial charge in [0.1, 0.15) is 0 Å². The van der Waals surface area contributed by atoms with Gasteiger partial charge in [-0.3, -0.25) is 14.4 Å². The van der Waals surface area contributed by atoms with Gasteiger partial charge in [0.25, 0.3) is 0 Å². The zero-order valence-electron chi connectivity index (χ0n) is 17.7. The van der Waals surface area contributed by atoms with Crippen molar-refractivity contribution < 1.29 is 19.1 Å². The molecule has 0 spiro atoms. The van der Waals surface area contributed by atoms with Gasteiger partial charge in [0.15, 0.2) is 5.78 Å². The number of hydrogen-bond acceptors (Lipinski definition) is 5. The Morgan fingerprint density at radius 2 is 1.57 bits per heavy atom. The fourth-order valence-corrected chi connectivity index (χ4v) is 3.21. The molecule has 0 aromatic rings. The second-order valence-corrected chi connectivity index (χ2v) is 7.98. The summed E-state index contributed by atoms with van der Waals surface area (Å²) in [6.45, 7) is 2.86. The lowest BCUT2D eigenvalue weighted by Crippen LogP contribution is -2.22. The lowest BCUT2D eigenvalue weighted by Gasteiger charge is -2.08. The molecule has 0 aliphatic heterocycles. The average Bonchev–Trinajstić information content (AvgIpc) is 2.68. The highest BCUT2D eigenvalue weighted by Crippen LogP contribution is 2.14. The summed E-state index contributed by atoms with van der Waals surface area (Å²) < 4.78 is 4.60. The fraction of sp³-hybridized carbons (Fsp3) is 0.773. The first-order chi connectivity index (χ1) is 13.5. The molecule has 0 saturated heterocycles. The first-order valence-corrected chi connectivity index (χ1v) is 11.2. The number of carbonyl (C=O) groups is 3. The van der Waals surface area contributed by atoms with Gasteiger partial charge in [-0.25, -0.2) is 0 Å². The highest BCUT2D eigenvalue weighted by Gasteiger charge is 2.08. The molecular formula is C22H39NO4S. The van der Waals surface area contributed by atoms with Crippen LogP contribution in [0.3, 0.4) is 0 Å². The van der Waals surface area contributed by atoms with Crippen LogP contribution in [-0.2, 0) is 19.1 Å². The Morgan fingerprint density at radius 1 is 0.929 bits per heavy atom. The van der Waals surface area contributed by atoms with Gasteiger partial charge in [-0.15, -0.1) is 0 Å². The van der Waals surface area contributed by atoms with Crippen LogP contribution in [0.2, 0.25) is 0 Å². The number of methoxy groups -OCH3 is 1. The van der Waals surface area contributed by atoms with E-state index in [4.69, 9.17) is 0 Å². The van der Waals surface area contributed by atoms with Crippen LogP contribution in [-0.4, -0.2) is 36.6 Å². The molecule has 1 unspecified atom stereocenters. The molecule has 0 radical (unpaired) electrons. The number of carbonyl (C=O) groups excluding carboxylic acids is 3. The SMILES string of the molecule is CCCCCCCCNC(=O)C=CC(=O)CC(S)CCCCCCC(=O)OC. The van der Waals surface area contributed by atoms with Gasteiger partial charge in [0.05, 0.1) is 7.11 Å². The lowest BCUT2D eigenvalue weighted by atomic mass is 10.1. The molecular weight excluding hydrogens is 374 g/mol. The van der Waals surface area contributed by atoms with Gasteiger partial charge in [0.2, 0.25) is 5.91 Å². The van der Waals surface area contributed by atoms with Crippen LogP contribution in [0, 0.1) is 0 Å². The molecule has 1 atom stereocenters. The number of ether oxygens (including phenoxy) is 1. The summed E-state index contributed by atoms with van der Waals surface area (Å²) in [5, 5.41) is 2.82. The first kappa shape index (κ1) is 26.7. The van der Waals surface area contributed by atoms with Crippen molar-refractivity contribution in [2.75, 3.05) is 13.7 Å². The summed E-state index contributed by atoms with van der Waals surface area (Å²) in [7, 11) is 1.40. The second-order valence-electron chi connectivity index (χ2n) is 7.25. The molecule has 0 saturated carbocycles. The Hall–Kier alpha value is -1.30. The van der Waals surface area contributed by atoms with Crippen molar-refractivity contribution in [3.8, 4) is 0 Å². The second kappa shape index (κ2) is 19.0. The maximum atomic E-state index is 11.9. The molecule has 28 heavy (non-hydrogen) atoms. The van der Waals surface area contributed by atoms with Crippen molar-refractivity contribution >= 4 is 30.3 Å². The number of hydrogen-bond donors (Lipinski definition) is 2. The van der Waals surface area contributed by atoms with E-state index in [1.807, 2.05) is 0 Å². The normalized spacial score (nSPS) is 12.1. The molecule has 0 fully saturated rings. The largest absolute Gasteiger partial charge is 0.469 e. The van der Waals surface area contributed by atoms with E-state index in [0.717, 1.165) is 44.9 Å². The third-order valence-corrected chi connectivity index (χ3v) is 5.02. The molecule has 5 nitrogen and oxygen atoms in total. The smallest absolute Gasteiger partial charge is 0.305 e. The van der Waals surface area contributed by atoms with E-state index in [0.29, 0.717) is 19.4 Å². The molecule has 0 bridgehead atoms. The van der Waals surface area contributed by atoms with Crippen LogP contribution < -0.4 is 5.32 Å². The Kier molecular flexibility index (Phi) is 18.2. The molecule has 1 amide bonds. The van der Waals surface area contributed by atoms with Gasteiger partial charge < -0.3 is 10.1 Å². The van der Waals surface area contributed by atoms with Crippen LogP contribution in [0.15, 0.2) is 12.2 Å². The van der Waals surface area contributed by atoms with E-state index >= 15 is 0 Å². The van der Waals surface area contributed by atoms with Crippen molar-refractivity contribution in [3.05, 3.63) is 12.2 Å². The number of esters is 1. The average molecular weight is 414 g/mol. The van der Waals surface area contributed by atoms with Gasteiger partial charge in [-0.05, 0) is 25.3 Å². The number of rotatable bonds is 18. The third-order valence-electron chi connectivity index (χ3n) is 4.58. The maximum Gasteiger partial charge on any atom is 0.305 e. The minimum atomic E-state index is -0.205. The molecule has 0 rings (SSSR count). The van der Waals surface area contributed by atoms with Crippen LogP contribution >= 0.6 is 12.6 Å². The summed E-state index contributed by atoms with van der Waals surface area (Å²) in [4.78, 5) is 34.6. The molecule has 0 aliphatic rings. The number of unbranched alkanes of at least 4 members (excludes halogenated alkanes) is 8. The standard InChI is InChI=1S/C22H39NO4S/c1-3-4-5-6-9-12-17-23-21(25)16-15-19(24)18-20(28)13-10-7-8-11-14-22(26)27-2/h15-16,20,28H,3-14,17-18H2,1-2H3,(H,23,25). The van der Waals surface area contributed by atoms with Crippen molar-refractivity contribution in [1.82, 2.24) is 5.32 Å². The summed E-state index contributed by atoms with van der Waals surface area (Å²) in [6.07, 6.45) is 15.2. The quantitative estimate of drug-likeness (QED) is 0.147. The van der Waals surface area contributed by atoms with Crippen molar-refractivity contribution in [1.29, 1.82) is 0 Å². The van der Waals surface area contributed by atoms with Crippen LogP contribution in [0.5, 0.6) is 0 Å². The predicted octanol–water partition coefficient (Wildman–Crippen LogP) is 4.79. The molecule has 0 aromatic carbocycles. The van der Waals surface area contributed by atoms with E-state index in [-0.39, 0.29) is 22.9 Å². The fourth-order valence-electron chi connectivity index (χ4n) is 2.85. The van der Waals surface area contributed by atoms with E-state index in [2.05, 4.69) is 29.6 Å². The lowest BCUT2D eigenvalue weighted by molar-refractivity contribution is -0.140.